The van der Waals surface area contributed by atoms with Crippen molar-refractivity contribution in [2.45, 2.75) is 26.8 Å². The minimum atomic E-state index is -0.000597. The van der Waals surface area contributed by atoms with Crippen molar-refractivity contribution in [1.29, 1.82) is 0 Å². The van der Waals surface area contributed by atoms with Gasteiger partial charge in [-0.1, -0.05) is 30.3 Å². The zero-order chi connectivity index (χ0) is 19.4. The van der Waals surface area contributed by atoms with E-state index >= 15 is 0 Å². The molecule has 1 amide bonds. The largest absolute Gasteiger partial charge is 0.506 e. The molecule has 2 aromatic rings. The average Bonchev–Trinajstić information content (AvgIpc) is 2.65. The summed E-state index contributed by atoms with van der Waals surface area (Å²) in [5.41, 5.74) is 4.51. The summed E-state index contributed by atoms with van der Waals surface area (Å²) in [5, 5.41) is 13.1. The number of piperazine rings is 1. The Hall–Kier alpha value is -2.53. The lowest BCUT2D eigenvalue weighted by Crippen LogP contribution is -2.49. The fourth-order valence-corrected chi connectivity index (χ4v) is 3.49. The first-order valence-electron chi connectivity index (χ1n) is 9.56. The number of carbonyl (C=O) groups is 1. The van der Waals surface area contributed by atoms with Gasteiger partial charge in [0.15, 0.2) is 0 Å². The standard InChI is InChI=1S/C22H29N3O2/c1-16-8-9-19(14-17(16)2)18(3)23-22(27)15-24-10-12-25(13-11-24)20-6-4-5-7-21(20)26/h4-9,14,18,26H,10-13,15H2,1-3H3,(H,23,27)/t18-/m0/s1. The minimum absolute atomic E-state index is 0.000597. The summed E-state index contributed by atoms with van der Waals surface area (Å²) in [4.78, 5) is 16.8. The van der Waals surface area contributed by atoms with Crippen LogP contribution in [0.4, 0.5) is 5.69 Å². The van der Waals surface area contributed by atoms with Crippen molar-refractivity contribution >= 4 is 11.6 Å². The first-order valence-corrected chi connectivity index (χ1v) is 9.56. The van der Waals surface area contributed by atoms with Crippen LogP contribution in [0.15, 0.2) is 42.5 Å². The minimum Gasteiger partial charge on any atom is -0.506 e. The molecule has 0 saturated carbocycles. The van der Waals surface area contributed by atoms with E-state index in [1.165, 1.54) is 11.1 Å². The number of carbonyl (C=O) groups excluding carboxylic acids is 1. The lowest BCUT2D eigenvalue weighted by molar-refractivity contribution is -0.123. The molecule has 1 heterocycles. The van der Waals surface area contributed by atoms with Crippen molar-refractivity contribution in [3.63, 3.8) is 0 Å². The Morgan fingerprint density at radius 3 is 2.44 bits per heavy atom. The molecule has 1 saturated heterocycles. The van der Waals surface area contributed by atoms with E-state index in [1.54, 1.807) is 6.07 Å². The van der Waals surface area contributed by atoms with E-state index in [9.17, 15) is 9.90 Å². The Morgan fingerprint density at radius 1 is 1.07 bits per heavy atom. The molecule has 144 valence electrons. The summed E-state index contributed by atoms with van der Waals surface area (Å²) >= 11 is 0. The van der Waals surface area contributed by atoms with Gasteiger partial charge in [0.1, 0.15) is 5.75 Å². The summed E-state index contributed by atoms with van der Waals surface area (Å²) in [6.45, 7) is 9.84. The lowest BCUT2D eigenvalue weighted by Gasteiger charge is -2.36. The zero-order valence-electron chi connectivity index (χ0n) is 16.4. The maximum atomic E-state index is 12.4. The predicted octanol–water partition coefficient (Wildman–Crippen LogP) is 3.01. The highest BCUT2D eigenvalue weighted by molar-refractivity contribution is 5.78. The first kappa shape index (κ1) is 19.2. The highest BCUT2D eigenvalue weighted by Crippen LogP contribution is 2.27. The third-order valence-electron chi connectivity index (χ3n) is 5.37. The molecule has 0 spiro atoms. The second-order valence-corrected chi connectivity index (χ2v) is 7.38. The van der Waals surface area contributed by atoms with E-state index < -0.39 is 0 Å². The van der Waals surface area contributed by atoms with Gasteiger partial charge in [-0.3, -0.25) is 9.69 Å². The molecule has 5 nitrogen and oxygen atoms in total. The van der Waals surface area contributed by atoms with Crippen molar-refractivity contribution in [3.05, 3.63) is 59.2 Å². The number of benzene rings is 2. The van der Waals surface area contributed by atoms with Crippen molar-refractivity contribution in [2.75, 3.05) is 37.6 Å². The molecular formula is C22H29N3O2. The van der Waals surface area contributed by atoms with Crippen LogP contribution in [0, 0.1) is 13.8 Å². The number of nitrogens with zero attached hydrogens (tertiary/aromatic N) is 2. The molecule has 3 rings (SSSR count). The molecule has 1 fully saturated rings. The smallest absolute Gasteiger partial charge is 0.234 e. The van der Waals surface area contributed by atoms with Gasteiger partial charge in [-0.2, -0.15) is 0 Å². The Bertz CT molecular complexity index is 798. The van der Waals surface area contributed by atoms with Gasteiger partial charge in [0.05, 0.1) is 18.3 Å². The molecule has 2 aromatic carbocycles. The van der Waals surface area contributed by atoms with Gasteiger partial charge in [-0.15, -0.1) is 0 Å². The zero-order valence-corrected chi connectivity index (χ0v) is 16.4. The highest BCUT2D eigenvalue weighted by atomic mass is 16.3. The molecule has 0 aromatic heterocycles. The van der Waals surface area contributed by atoms with Crippen LogP contribution in [-0.2, 0) is 4.79 Å². The van der Waals surface area contributed by atoms with E-state index in [0.717, 1.165) is 37.4 Å². The second-order valence-electron chi connectivity index (χ2n) is 7.38. The number of amides is 1. The van der Waals surface area contributed by atoms with Crippen LogP contribution in [0.25, 0.3) is 0 Å². The Labute approximate surface area is 161 Å². The Morgan fingerprint density at radius 2 is 1.78 bits per heavy atom. The van der Waals surface area contributed by atoms with Crippen LogP contribution in [0.3, 0.4) is 0 Å². The van der Waals surface area contributed by atoms with Crippen LogP contribution in [0.1, 0.15) is 29.7 Å². The van der Waals surface area contributed by atoms with Gasteiger partial charge in [0.25, 0.3) is 0 Å². The molecule has 27 heavy (non-hydrogen) atoms. The van der Waals surface area contributed by atoms with Gasteiger partial charge in [-0.25, -0.2) is 0 Å². The summed E-state index contributed by atoms with van der Waals surface area (Å²) in [5.74, 6) is 0.364. The third-order valence-corrected chi connectivity index (χ3v) is 5.37. The van der Waals surface area contributed by atoms with Gasteiger partial charge >= 0.3 is 0 Å². The molecular weight excluding hydrogens is 338 g/mol. The van der Waals surface area contributed by atoms with E-state index in [2.05, 4.69) is 47.2 Å². The van der Waals surface area contributed by atoms with Crippen LogP contribution in [0.5, 0.6) is 5.75 Å². The number of rotatable bonds is 5. The van der Waals surface area contributed by atoms with E-state index in [4.69, 9.17) is 0 Å². The number of aromatic hydroxyl groups is 1. The van der Waals surface area contributed by atoms with E-state index in [-0.39, 0.29) is 11.9 Å². The van der Waals surface area contributed by atoms with Gasteiger partial charge < -0.3 is 15.3 Å². The maximum Gasteiger partial charge on any atom is 0.234 e. The normalized spacial score (nSPS) is 16.2. The number of para-hydroxylation sites is 2. The quantitative estimate of drug-likeness (QED) is 0.853. The number of phenolic OH excluding ortho intramolecular Hbond substituents is 1. The van der Waals surface area contributed by atoms with Crippen LogP contribution < -0.4 is 10.2 Å². The SMILES string of the molecule is Cc1ccc([C@H](C)NC(=O)CN2CCN(c3ccccc3O)CC2)cc1C. The van der Waals surface area contributed by atoms with Crippen molar-refractivity contribution < 1.29 is 9.90 Å². The fraction of sp³-hybridized carbons (Fsp3) is 0.409. The van der Waals surface area contributed by atoms with Crippen molar-refractivity contribution in [1.82, 2.24) is 10.2 Å². The van der Waals surface area contributed by atoms with Gasteiger partial charge in [0, 0.05) is 26.2 Å². The molecule has 0 unspecified atom stereocenters. The number of anilines is 1. The molecule has 1 aliphatic rings. The number of nitrogens with one attached hydrogen (secondary N) is 1. The van der Waals surface area contributed by atoms with E-state index in [0.29, 0.717) is 12.3 Å². The second kappa shape index (κ2) is 8.44. The topological polar surface area (TPSA) is 55.8 Å². The number of aryl methyl sites for hydroxylation is 2. The third kappa shape index (κ3) is 4.80. The monoisotopic (exact) mass is 367 g/mol. The average molecular weight is 367 g/mol. The van der Waals surface area contributed by atoms with Crippen LogP contribution >= 0.6 is 0 Å². The molecule has 1 atom stereocenters. The van der Waals surface area contributed by atoms with Gasteiger partial charge in [-0.05, 0) is 49.6 Å². The molecule has 2 N–H and O–H groups in total. The number of phenols is 1. The molecule has 5 heteroatoms. The predicted molar refractivity (Wildman–Crippen MR) is 109 cm³/mol. The fourth-order valence-electron chi connectivity index (χ4n) is 3.49. The summed E-state index contributed by atoms with van der Waals surface area (Å²) in [6, 6.07) is 13.7. The van der Waals surface area contributed by atoms with Crippen molar-refractivity contribution in [3.8, 4) is 5.75 Å². The van der Waals surface area contributed by atoms with Crippen LogP contribution in [-0.4, -0.2) is 48.6 Å². The summed E-state index contributed by atoms with van der Waals surface area (Å²) in [7, 11) is 0. The molecule has 1 aliphatic heterocycles. The van der Waals surface area contributed by atoms with E-state index in [1.807, 2.05) is 25.1 Å². The maximum absolute atomic E-state index is 12.4. The lowest BCUT2D eigenvalue weighted by atomic mass is 10.0. The van der Waals surface area contributed by atoms with Crippen LogP contribution in [0.2, 0.25) is 0 Å². The number of hydrogen-bond donors (Lipinski definition) is 2. The van der Waals surface area contributed by atoms with Gasteiger partial charge in [0.2, 0.25) is 5.91 Å². The summed E-state index contributed by atoms with van der Waals surface area (Å²) in [6.07, 6.45) is 0. The Kier molecular flexibility index (Phi) is 6.01. The molecule has 0 radical (unpaired) electrons. The van der Waals surface area contributed by atoms with Crippen molar-refractivity contribution in [2.24, 2.45) is 0 Å². The Balaban J connectivity index is 1.49. The number of hydrogen-bond acceptors (Lipinski definition) is 4. The molecule has 0 aliphatic carbocycles. The molecule has 0 bridgehead atoms. The first-order chi connectivity index (χ1) is 12.9. The highest BCUT2D eigenvalue weighted by Gasteiger charge is 2.21. The summed E-state index contributed by atoms with van der Waals surface area (Å²) < 4.78 is 0.